The Balaban J connectivity index is 1.45. The van der Waals surface area contributed by atoms with Gasteiger partial charge in [-0.3, -0.25) is 9.80 Å². The number of nitrogens with zero attached hydrogens (tertiary/aromatic N) is 7. The zero-order valence-corrected chi connectivity index (χ0v) is 25.6. The molecule has 12 heteroatoms. The number of nitrogens with two attached hydrogens (primary N) is 2. The fraction of sp³-hybridized carbons (Fsp3) is 0.500. The molecule has 3 aliphatic rings. The predicted molar refractivity (Wildman–Crippen MR) is 164 cm³/mol. The lowest BCUT2D eigenvalue weighted by Crippen LogP contribution is -2.51. The SMILES string of the molecule is C[C@H](c1cccnc1N)N(C)c1nc(OC[C@@H]2C[C@@H](F)CN2C)nc2c1CN(C)[C@@]1(CCCc3c(F)cc(N)c(C#N)c31)C2. The number of benzene rings is 1. The van der Waals surface area contributed by atoms with Crippen molar-refractivity contribution < 1.29 is 13.5 Å². The summed E-state index contributed by atoms with van der Waals surface area (Å²) in [5.74, 6) is 0.743. The van der Waals surface area contributed by atoms with Crippen LogP contribution in [0.3, 0.4) is 0 Å². The Hall–Kier alpha value is -4.08. The first kappa shape index (κ1) is 30.0. The number of nitrogen functional groups attached to an aromatic ring is 2. The highest BCUT2D eigenvalue weighted by Gasteiger charge is 2.48. The van der Waals surface area contributed by atoms with Crippen LogP contribution >= 0.6 is 0 Å². The van der Waals surface area contributed by atoms with Crippen molar-refractivity contribution in [3.63, 3.8) is 0 Å². The number of hydrogen-bond donors (Lipinski definition) is 2. The Morgan fingerprint density at radius 2 is 2.07 bits per heavy atom. The number of rotatable bonds is 6. The van der Waals surface area contributed by atoms with Crippen molar-refractivity contribution in [1.82, 2.24) is 24.8 Å². The molecule has 1 saturated heterocycles. The number of likely N-dealkylation sites (tertiary alicyclic amines) is 1. The molecule has 4 atom stereocenters. The highest BCUT2D eigenvalue weighted by Crippen LogP contribution is 2.50. The molecule has 6 rings (SSSR count). The molecule has 232 valence electrons. The van der Waals surface area contributed by atoms with Crippen molar-refractivity contribution in [2.75, 3.05) is 50.7 Å². The molecule has 0 radical (unpaired) electrons. The van der Waals surface area contributed by atoms with E-state index in [0.29, 0.717) is 67.1 Å². The van der Waals surface area contributed by atoms with E-state index in [0.717, 1.165) is 23.2 Å². The molecule has 0 bridgehead atoms. The van der Waals surface area contributed by atoms with Crippen molar-refractivity contribution in [3.8, 4) is 12.1 Å². The number of ether oxygens (including phenoxy) is 1. The monoisotopic (exact) mass is 603 g/mol. The summed E-state index contributed by atoms with van der Waals surface area (Å²) in [6, 6.07) is 7.26. The van der Waals surface area contributed by atoms with Crippen LogP contribution in [-0.2, 0) is 24.9 Å². The summed E-state index contributed by atoms with van der Waals surface area (Å²) in [6.45, 7) is 3.11. The number of anilines is 3. The first-order valence-corrected chi connectivity index (χ1v) is 15.1. The maximum Gasteiger partial charge on any atom is 0.318 e. The van der Waals surface area contributed by atoms with Crippen LogP contribution < -0.4 is 21.1 Å². The summed E-state index contributed by atoms with van der Waals surface area (Å²) in [6.07, 6.45) is 3.59. The van der Waals surface area contributed by atoms with Gasteiger partial charge in [0.1, 0.15) is 36.3 Å². The first-order valence-electron chi connectivity index (χ1n) is 15.1. The van der Waals surface area contributed by atoms with Crippen molar-refractivity contribution in [3.05, 3.63) is 63.7 Å². The first-order chi connectivity index (χ1) is 21.0. The van der Waals surface area contributed by atoms with Crippen molar-refractivity contribution in [2.24, 2.45) is 0 Å². The average Bonchev–Trinajstić information content (AvgIpc) is 3.32. The number of pyridine rings is 1. The standard InChI is InChI=1S/C32H39F2N9O/c1-18(21-8-6-10-38-29(21)37)43(4)30-24-16-42(3)32(9-5-7-22-25(34)12-26(36)23(14-35)28(22)32)13-27(24)39-31(40-30)44-17-20-11-19(33)15-41(20)2/h6,8,10,12,18-20H,5,7,9,11,13,15-17,36H2,1-4H3,(H2,37,38)/t18-,19-,20+,32+/m1/s1. The van der Waals surface area contributed by atoms with E-state index in [9.17, 15) is 9.65 Å². The molecule has 0 amide bonds. The molecule has 0 unspecified atom stereocenters. The average molecular weight is 604 g/mol. The molecular weight excluding hydrogens is 564 g/mol. The fourth-order valence-corrected chi connectivity index (χ4v) is 7.34. The molecule has 4 N–H and O–H groups in total. The lowest BCUT2D eigenvalue weighted by atomic mass is 9.68. The van der Waals surface area contributed by atoms with Crippen LogP contribution in [-0.4, -0.2) is 71.3 Å². The van der Waals surface area contributed by atoms with E-state index in [1.807, 2.05) is 50.0 Å². The van der Waals surface area contributed by atoms with E-state index in [2.05, 4.69) is 16.0 Å². The Labute approximate surface area is 256 Å². The number of aromatic nitrogens is 3. The van der Waals surface area contributed by atoms with E-state index >= 15 is 4.39 Å². The molecule has 2 aliphatic heterocycles. The lowest BCUT2D eigenvalue weighted by Gasteiger charge is -2.50. The van der Waals surface area contributed by atoms with Gasteiger partial charge in [-0.2, -0.15) is 15.2 Å². The molecule has 2 aromatic heterocycles. The van der Waals surface area contributed by atoms with Crippen LogP contribution in [0.4, 0.5) is 26.1 Å². The van der Waals surface area contributed by atoms with Crippen molar-refractivity contribution >= 4 is 17.3 Å². The molecule has 1 spiro atoms. The molecule has 44 heavy (non-hydrogen) atoms. The van der Waals surface area contributed by atoms with Crippen LogP contribution in [0.2, 0.25) is 0 Å². The zero-order chi connectivity index (χ0) is 31.3. The molecule has 4 heterocycles. The number of fused-ring (bicyclic) bond motifs is 3. The topological polar surface area (TPSA) is 133 Å². The Bertz CT molecular complexity index is 1630. The number of halogens is 2. The second-order valence-electron chi connectivity index (χ2n) is 12.5. The number of likely N-dealkylation sites (N-methyl/N-ethyl adjacent to an activating group) is 2. The quantitative estimate of drug-likeness (QED) is 0.400. The summed E-state index contributed by atoms with van der Waals surface area (Å²) in [5, 5.41) is 10.2. The van der Waals surface area contributed by atoms with Gasteiger partial charge in [0.25, 0.3) is 0 Å². The second kappa shape index (κ2) is 11.4. The third-order valence-electron chi connectivity index (χ3n) is 9.92. The van der Waals surface area contributed by atoms with Gasteiger partial charge in [-0.1, -0.05) is 6.07 Å². The Morgan fingerprint density at radius 1 is 1.27 bits per heavy atom. The number of hydrogen-bond acceptors (Lipinski definition) is 10. The minimum atomic E-state index is -0.894. The Morgan fingerprint density at radius 3 is 2.77 bits per heavy atom. The molecule has 3 aromatic rings. The van der Waals surface area contributed by atoms with Gasteiger partial charge in [0.15, 0.2) is 0 Å². The largest absolute Gasteiger partial charge is 0.462 e. The number of alkyl halides is 1. The van der Waals surface area contributed by atoms with E-state index in [1.165, 1.54) is 6.07 Å². The number of nitriles is 1. The smallest absolute Gasteiger partial charge is 0.318 e. The summed E-state index contributed by atoms with van der Waals surface area (Å²) in [4.78, 5) is 20.3. The van der Waals surface area contributed by atoms with Gasteiger partial charge < -0.3 is 21.1 Å². The maximum absolute atomic E-state index is 15.3. The summed E-state index contributed by atoms with van der Waals surface area (Å²) in [5.41, 5.74) is 16.0. The van der Waals surface area contributed by atoms with E-state index in [-0.39, 0.29) is 36.2 Å². The minimum Gasteiger partial charge on any atom is -0.462 e. The van der Waals surface area contributed by atoms with Gasteiger partial charge >= 0.3 is 6.01 Å². The van der Waals surface area contributed by atoms with E-state index in [4.69, 9.17) is 26.2 Å². The second-order valence-corrected chi connectivity index (χ2v) is 12.5. The van der Waals surface area contributed by atoms with Crippen LogP contribution in [0.25, 0.3) is 0 Å². The molecule has 1 aliphatic carbocycles. The van der Waals surface area contributed by atoms with Gasteiger partial charge in [-0.15, -0.1) is 0 Å². The van der Waals surface area contributed by atoms with Gasteiger partial charge in [0.05, 0.1) is 28.5 Å². The molecule has 1 aromatic carbocycles. The minimum absolute atomic E-state index is 0.0910. The molecule has 0 saturated carbocycles. The predicted octanol–water partition coefficient (Wildman–Crippen LogP) is 3.88. The normalized spacial score (nSPS) is 24.0. The highest BCUT2D eigenvalue weighted by molar-refractivity contribution is 5.64. The third kappa shape index (κ3) is 4.98. The summed E-state index contributed by atoms with van der Waals surface area (Å²) >= 11 is 0. The molecule has 1 fully saturated rings. The van der Waals surface area contributed by atoms with E-state index < -0.39 is 11.7 Å². The summed E-state index contributed by atoms with van der Waals surface area (Å²) in [7, 11) is 5.84. The lowest BCUT2D eigenvalue weighted by molar-refractivity contribution is 0.0713. The fourth-order valence-electron chi connectivity index (χ4n) is 7.34. The van der Waals surface area contributed by atoms with Crippen molar-refractivity contribution in [2.45, 2.75) is 69.4 Å². The van der Waals surface area contributed by atoms with Crippen LogP contribution in [0.15, 0.2) is 24.4 Å². The van der Waals surface area contributed by atoms with Gasteiger partial charge in [0.2, 0.25) is 0 Å². The highest BCUT2D eigenvalue weighted by atomic mass is 19.1. The maximum atomic E-state index is 15.3. The Kier molecular flexibility index (Phi) is 7.80. The molecular formula is C32H39F2N9O. The van der Waals surface area contributed by atoms with Gasteiger partial charge in [0, 0.05) is 49.9 Å². The molecule has 10 nitrogen and oxygen atoms in total. The van der Waals surface area contributed by atoms with Crippen LogP contribution in [0, 0.1) is 17.1 Å². The van der Waals surface area contributed by atoms with Crippen LogP contribution in [0.1, 0.15) is 65.7 Å². The van der Waals surface area contributed by atoms with Gasteiger partial charge in [-0.05, 0) is 70.0 Å². The van der Waals surface area contributed by atoms with Crippen LogP contribution in [0.5, 0.6) is 6.01 Å². The van der Waals surface area contributed by atoms with Crippen molar-refractivity contribution in [1.29, 1.82) is 5.26 Å². The summed E-state index contributed by atoms with van der Waals surface area (Å²) < 4.78 is 35.6. The van der Waals surface area contributed by atoms with Gasteiger partial charge in [-0.25, -0.2) is 13.8 Å². The third-order valence-corrected chi connectivity index (χ3v) is 9.92. The zero-order valence-electron chi connectivity index (χ0n) is 25.6. The van der Waals surface area contributed by atoms with E-state index in [1.54, 1.807) is 6.20 Å².